The van der Waals surface area contributed by atoms with Gasteiger partial charge in [0.25, 0.3) is 0 Å². The van der Waals surface area contributed by atoms with E-state index in [-0.39, 0.29) is 10.8 Å². The Labute approximate surface area is 354 Å². The number of benzene rings is 9. The molecule has 0 fully saturated rings. The second-order valence-corrected chi connectivity index (χ2v) is 18.1. The van der Waals surface area contributed by atoms with E-state index in [0.717, 1.165) is 44.7 Å². The van der Waals surface area contributed by atoms with Crippen molar-refractivity contribution in [3.8, 4) is 28.1 Å². The minimum Gasteiger partial charge on any atom is -0.456 e. The maximum Gasteiger partial charge on any atom is 0.137 e. The number of fused-ring (bicyclic) bond motifs is 14. The topological polar surface area (TPSA) is 21.3 Å². The molecular weight excluding hydrogens is 741 g/mol. The Morgan fingerprint density at radius 2 is 1.18 bits per heavy atom. The lowest BCUT2D eigenvalue weighted by atomic mass is 9.81. The lowest BCUT2D eigenvalue weighted by Crippen LogP contribution is -2.15. The van der Waals surface area contributed by atoms with Crippen LogP contribution in [0.15, 0.2) is 186 Å². The standard InChI is InChI=1S/C58H42N2O/c1-57(2)46-22-13-12-21-42(46)44-33-45-52(34-48(44)57)61-51-24-14-23-49(54(45)51)59(39-27-25-35-15-8-9-17-37(35)31-39)40-28-29-43-50(32-40)60(38-18-6-5-7-19-38)56-53-41-20-11-10-16-36(41)26-30-47(53)58(3,4)55(43)56/h5-34H,1-4H3. The van der Waals surface area contributed by atoms with Gasteiger partial charge in [-0.3, -0.25) is 0 Å². The van der Waals surface area contributed by atoms with Crippen LogP contribution in [0.2, 0.25) is 0 Å². The highest BCUT2D eigenvalue weighted by Gasteiger charge is 2.42. The predicted octanol–water partition coefficient (Wildman–Crippen LogP) is 15.9. The van der Waals surface area contributed by atoms with E-state index in [1.807, 2.05) is 0 Å². The minimum atomic E-state index is -0.207. The van der Waals surface area contributed by atoms with Crippen molar-refractivity contribution in [3.05, 3.63) is 204 Å². The van der Waals surface area contributed by atoms with Crippen molar-refractivity contribution in [2.45, 2.75) is 38.5 Å². The van der Waals surface area contributed by atoms with Crippen LogP contribution < -0.4 is 4.90 Å². The third kappa shape index (κ3) is 4.64. The van der Waals surface area contributed by atoms with Crippen LogP contribution in [-0.2, 0) is 10.8 Å². The van der Waals surface area contributed by atoms with Gasteiger partial charge in [0.05, 0.1) is 22.3 Å². The molecule has 9 aromatic carbocycles. The van der Waals surface area contributed by atoms with Crippen molar-refractivity contribution in [1.29, 1.82) is 0 Å². The minimum absolute atomic E-state index is 0.121. The van der Waals surface area contributed by atoms with Crippen LogP contribution in [-0.4, -0.2) is 4.57 Å². The molecule has 2 aromatic heterocycles. The van der Waals surface area contributed by atoms with Crippen LogP contribution in [0.1, 0.15) is 49.9 Å². The molecule has 290 valence electrons. The van der Waals surface area contributed by atoms with Gasteiger partial charge in [-0.05, 0) is 116 Å². The summed E-state index contributed by atoms with van der Waals surface area (Å²) in [6.07, 6.45) is 0. The molecule has 0 saturated heterocycles. The first-order valence-corrected chi connectivity index (χ1v) is 21.4. The van der Waals surface area contributed by atoms with Gasteiger partial charge in [-0.15, -0.1) is 0 Å². The van der Waals surface area contributed by atoms with E-state index >= 15 is 0 Å². The number of furan rings is 1. The van der Waals surface area contributed by atoms with Crippen LogP contribution in [0, 0.1) is 0 Å². The number of hydrogen-bond acceptors (Lipinski definition) is 2. The summed E-state index contributed by atoms with van der Waals surface area (Å²) in [6, 6.07) is 67.2. The Hall–Kier alpha value is -7.36. The molecule has 0 atom stereocenters. The van der Waals surface area contributed by atoms with Crippen LogP contribution in [0.4, 0.5) is 17.1 Å². The first kappa shape index (κ1) is 34.5. The van der Waals surface area contributed by atoms with Gasteiger partial charge in [0.15, 0.2) is 0 Å². The first-order valence-electron chi connectivity index (χ1n) is 21.4. The maximum absolute atomic E-state index is 6.85. The molecule has 0 unspecified atom stereocenters. The molecule has 2 heterocycles. The van der Waals surface area contributed by atoms with Gasteiger partial charge in [-0.2, -0.15) is 0 Å². The normalized spacial score (nSPS) is 14.5. The van der Waals surface area contributed by atoms with Gasteiger partial charge in [0, 0.05) is 44.2 Å². The molecule has 0 radical (unpaired) electrons. The lowest BCUT2D eigenvalue weighted by molar-refractivity contribution is 0.647. The molecule has 11 aromatic rings. The number of aromatic nitrogens is 1. The van der Waals surface area contributed by atoms with Crippen LogP contribution >= 0.6 is 0 Å². The zero-order valence-electron chi connectivity index (χ0n) is 34.6. The van der Waals surface area contributed by atoms with E-state index in [2.05, 4.69) is 219 Å². The summed E-state index contributed by atoms with van der Waals surface area (Å²) in [5.74, 6) is 0. The van der Waals surface area contributed by atoms with Gasteiger partial charge < -0.3 is 13.9 Å². The quantitative estimate of drug-likeness (QED) is 0.177. The largest absolute Gasteiger partial charge is 0.456 e. The molecule has 2 aliphatic carbocycles. The van der Waals surface area contributed by atoms with Crippen LogP contribution in [0.25, 0.3) is 82.5 Å². The zero-order valence-corrected chi connectivity index (χ0v) is 34.6. The van der Waals surface area contributed by atoms with Gasteiger partial charge in [-0.1, -0.05) is 149 Å². The van der Waals surface area contributed by atoms with Crippen LogP contribution in [0.5, 0.6) is 0 Å². The second-order valence-electron chi connectivity index (χ2n) is 18.1. The van der Waals surface area contributed by atoms with E-state index in [1.165, 1.54) is 77.1 Å². The predicted molar refractivity (Wildman–Crippen MR) is 255 cm³/mol. The Morgan fingerprint density at radius 3 is 2.05 bits per heavy atom. The smallest absolute Gasteiger partial charge is 0.137 e. The van der Waals surface area contributed by atoms with Crippen molar-refractivity contribution in [2.24, 2.45) is 0 Å². The highest BCUT2D eigenvalue weighted by molar-refractivity contribution is 6.16. The Bertz CT molecular complexity index is 3660. The first-order chi connectivity index (χ1) is 29.8. The second kappa shape index (κ2) is 12.1. The Balaban J connectivity index is 1.12. The molecule has 0 spiro atoms. The monoisotopic (exact) mass is 782 g/mol. The molecule has 13 rings (SSSR count). The van der Waals surface area contributed by atoms with E-state index in [0.29, 0.717) is 0 Å². The summed E-state index contributed by atoms with van der Waals surface area (Å²) in [5.41, 5.74) is 17.7. The molecule has 2 aliphatic rings. The molecule has 0 N–H and O–H groups in total. The molecule has 0 amide bonds. The van der Waals surface area contributed by atoms with Gasteiger partial charge in [0.1, 0.15) is 11.2 Å². The molecule has 0 bridgehead atoms. The average molecular weight is 783 g/mol. The van der Waals surface area contributed by atoms with E-state index in [4.69, 9.17) is 4.42 Å². The van der Waals surface area contributed by atoms with Crippen molar-refractivity contribution in [3.63, 3.8) is 0 Å². The van der Waals surface area contributed by atoms with Gasteiger partial charge in [-0.25, -0.2) is 0 Å². The number of para-hydroxylation sites is 1. The SMILES string of the molecule is CC1(C)c2ccccc2-c2cc3c(cc21)oc1cccc(N(c2ccc4ccccc4c2)c2ccc4c5c(n(-c6ccccc6)c4c2)-c2c(ccc4ccccc24)C5(C)C)c13. The fraction of sp³-hybridized carbons (Fsp3) is 0.103. The van der Waals surface area contributed by atoms with Gasteiger partial charge >= 0.3 is 0 Å². The maximum atomic E-state index is 6.85. The summed E-state index contributed by atoms with van der Waals surface area (Å²) in [7, 11) is 0. The molecule has 3 nitrogen and oxygen atoms in total. The number of anilines is 3. The lowest BCUT2D eigenvalue weighted by Gasteiger charge is -2.27. The summed E-state index contributed by atoms with van der Waals surface area (Å²) in [4.78, 5) is 2.45. The van der Waals surface area contributed by atoms with Crippen molar-refractivity contribution in [1.82, 2.24) is 4.57 Å². The van der Waals surface area contributed by atoms with Crippen molar-refractivity contribution in [2.75, 3.05) is 4.90 Å². The summed E-state index contributed by atoms with van der Waals surface area (Å²) < 4.78 is 9.38. The third-order valence-corrected chi connectivity index (χ3v) is 14.1. The third-order valence-electron chi connectivity index (χ3n) is 14.1. The molecule has 0 saturated carbocycles. The molecule has 61 heavy (non-hydrogen) atoms. The fourth-order valence-electron chi connectivity index (χ4n) is 11.2. The molecular formula is C58H42N2O. The molecule has 3 heteroatoms. The van der Waals surface area contributed by atoms with Gasteiger partial charge in [0.2, 0.25) is 0 Å². The fourth-order valence-corrected chi connectivity index (χ4v) is 11.2. The van der Waals surface area contributed by atoms with E-state index in [1.54, 1.807) is 0 Å². The number of rotatable bonds is 4. The van der Waals surface area contributed by atoms with E-state index in [9.17, 15) is 0 Å². The average Bonchev–Trinajstić information content (AvgIpc) is 3.97. The zero-order chi connectivity index (χ0) is 40.8. The number of nitrogens with zero attached hydrogens (tertiary/aromatic N) is 2. The van der Waals surface area contributed by atoms with E-state index < -0.39 is 0 Å². The van der Waals surface area contributed by atoms with Crippen molar-refractivity contribution >= 4 is 71.4 Å². The summed E-state index contributed by atoms with van der Waals surface area (Å²) in [6.45, 7) is 9.46. The molecule has 0 aliphatic heterocycles. The Morgan fingerprint density at radius 1 is 0.459 bits per heavy atom. The van der Waals surface area contributed by atoms with Crippen molar-refractivity contribution < 1.29 is 4.42 Å². The van der Waals surface area contributed by atoms with Crippen LogP contribution in [0.3, 0.4) is 0 Å². The highest BCUT2D eigenvalue weighted by atomic mass is 16.3. The Kier molecular flexibility index (Phi) is 6.85. The highest BCUT2D eigenvalue weighted by Crippen LogP contribution is 2.57. The summed E-state index contributed by atoms with van der Waals surface area (Å²) >= 11 is 0. The number of hydrogen-bond donors (Lipinski definition) is 0. The summed E-state index contributed by atoms with van der Waals surface area (Å²) in [5, 5.41) is 8.47.